The average molecular weight is 291 g/mol. The summed E-state index contributed by atoms with van der Waals surface area (Å²) in [5.41, 5.74) is 3.26. The first-order valence-corrected chi connectivity index (χ1v) is 7.70. The average Bonchev–Trinajstić information content (AvgIpc) is 2.91. The van der Waals surface area contributed by atoms with E-state index in [0.717, 1.165) is 36.1 Å². The first-order chi connectivity index (χ1) is 10.1. The monoisotopic (exact) mass is 291 g/mol. The summed E-state index contributed by atoms with van der Waals surface area (Å²) in [4.78, 5) is 12.2. The Bertz CT molecular complexity index is 461. The van der Waals surface area contributed by atoms with Gasteiger partial charge in [0.1, 0.15) is 6.04 Å². The third-order valence-corrected chi connectivity index (χ3v) is 3.67. The fourth-order valence-corrected chi connectivity index (χ4v) is 2.79. The molecule has 116 valence electrons. The normalized spacial score (nSPS) is 19.5. The van der Waals surface area contributed by atoms with Crippen LogP contribution in [0, 0.1) is 13.8 Å². The van der Waals surface area contributed by atoms with Gasteiger partial charge in [-0.1, -0.05) is 29.3 Å². The summed E-state index contributed by atoms with van der Waals surface area (Å²) in [6, 6.07) is 5.76. The first kappa shape index (κ1) is 16.0. The molecule has 4 heteroatoms. The molecule has 0 aromatic heterocycles. The van der Waals surface area contributed by atoms with Gasteiger partial charge in [0.2, 0.25) is 0 Å². The number of hydrogen-bond acceptors (Lipinski definition) is 4. The molecule has 2 atom stereocenters. The van der Waals surface area contributed by atoms with Crippen LogP contribution in [0.25, 0.3) is 0 Å². The van der Waals surface area contributed by atoms with Gasteiger partial charge < -0.3 is 9.47 Å². The molecule has 0 saturated carbocycles. The standard InChI is InChI=1S/C17H25NO3/c1-4-20-17(19)16(18-11-15-6-5-7-21-15)14-9-12(2)8-13(3)10-14/h8-10,15-16,18H,4-7,11H2,1-3H3. The van der Waals surface area contributed by atoms with Gasteiger partial charge in [0.15, 0.2) is 0 Å². The Balaban J connectivity index is 2.11. The molecule has 1 fully saturated rings. The second kappa shape index (κ2) is 7.57. The molecule has 1 aromatic carbocycles. The van der Waals surface area contributed by atoms with Crippen molar-refractivity contribution in [2.24, 2.45) is 0 Å². The summed E-state index contributed by atoms with van der Waals surface area (Å²) in [5.74, 6) is -0.222. The predicted octanol–water partition coefficient (Wildman–Crippen LogP) is 2.68. The Labute approximate surface area is 126 Å². The van der Waals surface area contributed by atoms with Crippen LogP contribution < -0.4 is 5.32 Å². The Kier molecular flexibility index (Phi) is 5.76. The Hall–Kier alpha value is -1.39. The number of ether oxygens (including phenoxy) is 2. The number of esters is 1. The molecule has 1 saturated heterocycles. The van der Waals surface area contributed by atoms with Gasteiger partial charge in [-0.2, -0.15) is 0 Å². The van der Waals surface area contributed by atoms with Crippen molar-refractivity contribution in [3.05, 3.63) is 34.9 Å². The Morgan fingerprint density at radius 1 is 1.38 bits per heavy atom. The van der Waals surface area contributed by atoms with Crippen LogP contribution >= 0.6 is 0 Å². The van der Waals surface area contributed by atoms with Gasteiger partial charge >= 0.3 is 5.97 Å². The molecule has 0 spiro atoms. The van der Waals surface area contributed by atoms with Crippen molar-refractivity contribution in [1.82, 2.24) is 5.32 Å². The van der Waals surface area contributed by atoms with Crippen molar-refractivity contribution in [1.29, 1.82) is 0 Å². The maximum atomic E-state index is 12.2. The number of benzene rings is 1. The summed E-state index contributed by atoms with van der Waals surface area (Å²) in [6.45, 7) is 7.80. The van der Waals surface area contributed by atoms with E-state index < -0.39 is 6.04 Å². The zero-order chi connectivity index (χ0) is 15.2. The predicted molar refractivity (Wildman–Crippen MR) is 82.3 cm³/mol. The number of carbonyl (C=O) groups is 1. The van der Waals surface area contributed by atoms with Gasteiger partial charge in [0.25, 0.3) is 0 Å². The van der Waals surface area contributed by atoms with Crippen LogP contribution in [0.15, 0.2) is 18.2 Å². The van der Waals surface area contributed by atoms with Crippen molar-refractivity contribution < 1.29 is 14.3 Å². The van der Waals surface area contributed by atoms with Gasteiger partial charge in [-0.3, -0.25) is 5.32 Å². The third-order valence-electron chi connectivity index (χ3n) is 3.67. The second-order valence-corrected chi connectivity index (χ2v) is 5.65. The van der Waals surface area contributed by atoms with E-state index in [1.165, 1.54) is 0 Å². The SMILES string of the molecule is CCOC(=O)C(NCC1CCCO1)c1cc(C)cc(C)c1. The highest BCUT2D eigenvalue weighted by Crippen LogP contribution is 2.20. The number of carbonyl (C=O) groups excluding carboxylic acids is 1. The minimum atomic E-state index is -0.423. The van der Waals surface area contributed by atoms with Crippen LogP contribution in [-0.4, -0.2) is 31.8 Å². The molecule has 1 aliphatic rings. The summed E-state index contributed by atoms with van der Waals surface area (Å²) < 4.78 is 10.8. The molecule has 0 radical (unpaired) electrons. The zero-order valence-corrected chi connectivity index (χ0v) is 13.1. The van der Waals surface area contributed by atoms with Crippen molar-refractivity contribution in [2.45, 2.75) is 45.8 Å². The Morgan fingerprint density at radius 2 is 2.10 bits per heavy atom. The minimum absolute atomic E-state index is 0.202. The smallest absolute Gasteiger partial charge is 0.327 e. The molecule has 21 heavy (non-hydrogen) atoms. The van der Waals surface area contributed by atoms with Crippen LogP contribution in [0.5, 0.6) is 0 Å². The van der Waals surface area contributed by atoms with Gasteiger partial charge in [-0.05, 0) is 39.2 Å². The van der Waals surface area contributed by atoms with E-state index in [1.807, 2.05) is 32.9 Å². The molecule has 1 aliphatic heterocycles. The molecule has 1 aromatic rings. The lowest BCUT2D eigenvalue weighted by atomic mass is 10.0. The fourth-order valence-electron chi connectivity index (χ4n) is 2.79. The minimum Gasteiger partial charge on any atom is -0.465 e. The van der Waals surface area contributed by atoms with Gasteiger partial charge in [-0.25, -0.2) is 4.79 Å². The lowest BCUT2D eigenvalue weighted by molar-refractivity contribution is -0.146. The summed E-state index contributed by atoms with van der Waals surface area (Å²) in [5, 5.41) is 3.32. The van der Waals surface area contributed by atoms with Crippen molar-refractivity contribution in [3.8, 4) is 0 Å². The maximum absolute atomic E-state index is 12.2. The molecular weight excluding hydrogens is 266 g/mol. The van der Waals surface area contributed by atoms with Gasteiger partial charge in [0.05, 0.1) is 12.7 Å². The van der Waals surface area contributed by atoms with Crippen LogP contribution in [0.3, 0.4) is 0 Å². The summed E-state index contributed by atoms with van der Waals surface area (Å²) >= 11 is 0. The highest BCUT2D eigenvalue weighted by Gasteiger charge is 2.24. The fraction of sp³-hybridized carbons (Fsp3) is 0.588. The van der Waals surface area contributed by atoms with Crippen LogP contribution in [-0.2, 0) is 14.3 Å². The van der Waals surface area contributed by atoms with Crippen LogP contribution in [0.1, 0.15) is 42.5 Å². The molecule has 0 aliphatic carbocycles. The van der Waals surface area contributed by atoms with Gasteiger partial charge in [-0.15, -0.1) is 0 Å². The van der Waals surface area contributed by atoms with Crippen LogP contribution in [0.4, 0.5) is 0 Å². The van der Waals surface area contributed by atoms with Crippen LogP contribution in [0.2, 0.25) is 0 Å². The molecule has 2 rings (SSSR count). The number of nitrogens with one attached hydrogen (secondary N) is 1. The number of rotatable bonds is 6. The lowest BCUT2D eigenvalue weighted by Crippen LogP contribution is -2.35. The molecule has 1 N–H and O–H groups in total. The van der Waals surface area contributed by atoms with E-state index in [0.29, 0.717) is 13.2 Å². The van der Waals surface area contributed by atoms with Crippen molar-refractivity contribution in [2.75, 3.05) is 19.8 Å². The van der Waals surface area contributed by atoms with E-state index in [9.17, 15) is 4.79 Å². The zero-order valence-electron chi connectivity index (χ0n) is 13.1. The quantitative estimate of drug-likeness (QED) is 0.819. The van der Waals surface area contributed by atoms with Crippen molar-refractivity contribution >= 4 is 5.97 Å². The highest BCUT2D eigenvalue weighted by atomic mass is 16.5. The van der Waals surface area contributed by atoms with Gasteiger partial charge in [0, 0.05) is 13.2 Å². The Morgan fingerprint density at radius 3 is 2.67 bits per heavy atom. The first-order valence-electron chi connectivity index (χ1n) is 7.70. The van der Waals surface area contributed by atoms with E-state index in [4.69, 9.17) is 9.47 Å². The van der Waals surface area contributed by atoms with E-state index in [-0.39, 0.29) is 12.1 Å². The lowest BCUT2D eigenvalue weighted by Gasteiger charge is -2.20. The molecule has 0 amide bonds. The largest absolute Gasteiger partial charge is 0.465 e. The van der Waals surface area contributed by atoms with Crippen molar-refractivity contribution in [3.63, 3.8) is 0 Å². The summed E-state index contributed by atoms with van der Waals surface area (Å²) in [7, 11) is 0. The van der Waals surface area contributed by atoms with E-state index >= 15 is 0 Å². The summed E-state index contributed by atoms with van der Waals surface area (Å²) in [6.07, 6.45) is 2.35. The maximum Gasteiger partial charge on any atom is 0.327 e. The number of hydrogen-bond donors (Lipinski definition) is 1. The number of aryl methyl sites for hydroxylation is 2. The third kappa shape index (κ3) is 4.55. The molecular formula is C17H25NO3. The molecule has 4 nitrogen and oxygen atoms in total. The second-order valence-electron chi connectivity index (χ2n) is 5.65. The molecule has 2 unspecified atom stereocenters. The highest BCUT2D eigenvalue weighted by molar-refractivity contribution is 5.77. The van der Waals surface area contributed by atoms with E-state index in [1.54, 1.807) is 0 Å². The molecule has 0 bridgehead atoms. The van der Waals surface area contributed by atoms with E-state index in [2.05, 4.69) is 11.4 Å². The molecule has 1 heterocycles. The topological polar surface area (TPSA) is 47.6 Å².